The first kappa shape index (κ1) is 19.5. The van der Waals surface area contributed by atoms with E-state index in [1.165, 1.54) is 10.9 Å². The summed E-state index contributed by atoms with van der Waals surface area (Å²) in [6.07, 6.45) is 0.859. The van der Waals surface area contributed by atoms with Crippen molar-refractivity contribution >= 4 is 17.0 Å². The number of nitrogens with zero attached hydrogens (tertiary/aromatic N) is 4. The van der Waals surface area contributed by atoms with Gasteiger partial charge in [0, 0.05) is 0 Å². The van der Waals surface area contributed by atoms with Crippen LogP contribution < -0.4 is 10.9 Å². The number of benzene rings is 1. The molecule has 0 aliphatic carbocycles. The molecule has 0 aliphatic rings. The molecule has 9 nitrogen and oxygen atoms in total. The van der Waals surface area contributed by atoms with Crippen LogP contribution in [0.1, 0.15) is 46.3 Å². The summed E-state index contributed by atoms with van der Waals surface area (Å²) in [6.45, 7) is 8.88. The summed E-state index contributed by atoms with van der Waals surface area (Å²) in [4.78, 5) is 33.2. The van der Waals surface area contributed by atoms with Crippen LogP contribution in [-0.4, -0.2) is 31.4 Å². The first-order valence-corrected chi connectivity index (χ1v) is 8.83. The second-order valence-electron chi connectivity index (χ2n) is 7.96. The largest absolute Gasteiger partial charge is 0.444 e. The fraction of sp³-hybridized carbons (Fsp3) is 0.421. The summed E-state index contributed by atoms with van der Waals surface area (Å²) >= 11 is 0. The molecular weight excluding hydrogens is 362 g/mol. The molecule has 3 aromatic rings. The normalized spacial score (nSPS) is 12.2. The number of fused-ring (bicyclic) bond motifs is 1. The van der Waals surface area contributed by atoms with Crippen LogP contribution >= 0.6 is 0 Å². The number of aromatic nitrogens is 4. The van der Waals surface area contributed by atoms with Crippen molar-refractivity contribution in [2.24, 2.45) is 0 Å². The molecule has 0 radical (unpaired) electrons. The van der Waals surface area contributed by atoms with Gasteiger partial charge < -0.3 is 14.6 Å². The SMILES string of the molecule is CC(C)(C)OC(=O)NC(C)(C)c1noc(Cn2cnc3ccccc3c2=O)n1. The van der Waals surface area contributed by atoms with Gasteiger partial charge in [-0.3, -0.25) is 9.36 Å². The van der Waals surface area contributed by atoms with Crippen molar-refractivity contribution in [3.63, 3.8) is 0 Å². The molecule has 0 fully saturated rings. The van der Waals surface area contributed by atoms with Gasteiger partial charge in [0.15, 0.2) is 5.82 Å². The smallest absolute Gasteiger partial charge is 0.408 e. The minimum atomic E-state index is -0.920. The Labute approximate surface area is 161 Å². The second kappa shape index (κ2) is 7.06. The lowest BCUT2D eigenvalue weighted by Gasteiger charge is -2.26. The maximum absolute atomic E-state index is 12.6. The van der Waals surface area contributed by atoms with Gasteiger partial charge in [-0.25, -0.2) is 9.78 Å². The van der Waals surface area contributed by atoms with Crippen molar-refractivity contribution in [1.82, 2.24) is 25.0 Å². The van der Waals surface area contributed by atoms with E-state index in [-0.39, 0.29) is 23.8 Å². The summed E-state index contributed by atoms with van der Waals surface area (Å²) < 4.78 is 11.9. The maximum atomic E-state index is 12.6. The third-order valence-corrected chi connectivity index (χ3v) is 3.88. The van der Waals surface area contributed by atoms with Crippen LogP contribution in [0.2, 0.25) is 0 Å². The van der Waals surface area contributed by atoms with E-state index >= 15 is 0 Å². The topological polar surface area (TPSA) is 112 Å². The minimum Gasteiger partial charge on any atom is -0.444 e. The molecule has 0 aliphatic heterocycles. The molecular formula is C19H23N5O4. The van der Waals surface area contributed by atoms with Gasteiger partial charge in [-0.05, 0) is 46.8 Å². The maximum Gasteiger partial charge on any atom is 0.408 e. The highest BCUT2D eigenvalue weighted by atomic mass is 16.6. The molecule has 28 heavy (non-hydrogen) atoms. The Bertz CT molecular complexity index is 1060. The quantitative estimate of drug-likeness (QED) is 0.734. The van der Waals surface area contributed by atoms with Gasteiger partial charge in [0.05, 0.1) is 17.2 Å². The Balaban J connectivity index is 1.78. The Hall–Kier alpha value is -3.23. The van der Waals surface area contributed by atoms with Crippen LogP contribution in [0.5, 0.6) is 0 Å². The zero-order valence-corrected chi connectivity index (χ0v) is 16.5. The van der Waals surface area contributed by atoms with E-state index in [0.29, 0.717) is 10.9 Å². The molecule has 9 heteroatoms. The molecule has 0 atom stereocenters. The van der Waals surface area contributed by atoms with Gasteiger partial charge in [0.1, 0.15) is 17.7 Å². The predicted octanol–water partition coefficient (Wildman–Crippen LogP) is 2.59. The first-order valence-electron chi connectivity index (χ1n) is 8.83. The molecule has 2 heterocycles. The van der Waals surface area contributed by atoms with E-state index in [1.54, 1.807) is 52.8 Å². The van der Waals surface area contributed by atoms with Gasteiger partial charge in [0.25, 0.3) is 5.56 Å². The predicted molar refractivity (Wildman–Crippen MR) is 102 cm³/mol. The Morgan fingerprint density at radius 3 is 2.64 bits per heavy atom. The fourth-order valence-corrected chi connectivity index (χ4v) is 2.55. The molecule has 0 saturated carbocycles. The molecule has 0 unspecified atom stereocenters. The number of ether oxygens (including phenoxy) is 1. The van der Waals surface area contributed by atoms with E-state index in [2.05, 4.69) is 20.4 Å². The van der Waals surface area contributed by atoms with Crippen molar-refractivity contribution in [3.8, 4) is 0 Å². The minimum absolute atomic E-state index is 0.0756. The molecule has 148 valence electrons. The summed E-state index contributed by atoms with van der Waals surface area (Å²) in [6, 6.07) is 7.10. The number of alkyl carbamates (subject to hydrolysis) is 1. The first-order chi connectivity index (χ1) is 13.0. The molecule has 1 aromatic carbocycles. The van der Waals surface area contributed by atoms with Crippen molar-refractivity contribution in [1.29, 1.82) is 0 Å². The number of hydrogen-bond donors (Lipinski definition) is 1. The lowest BCUT2D eigenvalue weighted by Crippen LogP contribution is -2.44. The summed E-state index contributed by atoms with van der Waals surface area (Å²) in [5.41, 5.74) is -1.11. The number of para-hydroxylation sites is 1. The van der Waals surface area contributed by atoms with Crippen LogP contribution in [0, 0.1) is 0 Å². The number of hydrogen-bond acceptors (Lipinski definition) is 7. The lowest BCUT2D eigenvalue weighted by molar-refractivity contribution is 0.0465. The van der Waals surface area contributed by atoms with Crippen LogP contribution in [0.4, 0.5) is 4.79 Å². The zero-order valence-electron chi connectivity index (χ0n) is 16.5. The van der Waals surface area contributed by atoms with E-state index in [4.69, 9.17) is 9.26 Å². The average molecular weight is 385 g/mol. The molecule has 3 rings (SSSR count). The van der Waals surface area contributed by atoms with Crippen molar-refractivity contribution in [2.75, 3.05) is 0 Å². The van der Waals surface area contributed by atoms with E-state index in [0.717, 1.165) is 0 Å². The number of carbonyl (C=O) groups is 1. The van der Waals surface area contributed by atoms with Gasteiger partial charge in [-0.15, -0.1) is 0 Å². The van der Waals surface area contributed by atoms with E-state index < -0.39 is 17.2 Å². The zero-order chi connectivity index (χ0) is 20.5. The third kappa shape index (κ3) is 4.36. The molecule has 2 aromatic heterocycles. The Morgan fingerprint density at radius 2 is 1.93 bits per heavy atom. The summed E-state index contributed by atoms with van der Waals surface area (Å²) in [5.74, 6) is 0.503. The standard InChI is InChI=1S/C19H23N5O4/c1-18(2,3)27-17(26)22-19(4,5)16-21-14(28-23-16)10-24-11-20-13-9-7-6-8-12(13)15(24)25/h6-9,11H,10H2,1-5H3,(H,22,26). The summed E-state index contributed by atoms with van der Waals surface area (Å²) in [7, 11) is 0. The van der Waals surface area contributed by atoms with Gasteiger partial charge in [-0.2, -0.15) is 4.98 Å². The second-order valence-corrected chi connectivity index (χ2v) is 7.96. The highest BCUT2D eigenvalue weighted by Gasteiger charge is 2.31. The lowest BCUT2D eigenvalue weighted by atomic mass is 10.1. The van der Waals surface area contributed by atoms with Crippen LogP contribution in [0.25, 0.3) is 10.9 Å². The highest BCUT2D eigenvalue weighted by Crippen LogP contribution is 2.18. The Morgan fingerprint density at radius 1 is 1.21 bits per heavy atom. The van der Waals surface area contributed by atoms with Crippen molar-refractivity contribution < 1.29 is 14.1 Å². The van der Waals surface area contributed by atoms with Gasteiger partial charge >= 0.3 is 6.09 Å². The van der Waals surface area contributed by atoms with E-state index in [9.17, 15) is 9.59 Å². The molecule has 0 saturated heterocycles. The molecule has 0 spiro atoms. The summed E-state index contributed by atoms with van der Waals surface area (Å²) in [5, 5.41) is 7.16. The monoisotopic (exact) mass is 385 g/mol. The van der Waals surface area contributed by atoms with Gasteiger partial charge in [0.2, 0.25) is 5.89 Å². The van der Waals surface area contributed by atoms with Crippen LogP contribution in [0.3, 0.4) is 0 Å². The van der Waals surface area contributed by atoms with Gasteiger partial charge in [-0.1, -0.05) is 17.3 Å². The van der Waals surface area contributed by atoms with Crippen LogP contribution in [-0.2, 0) is 16.8 Å². The molecule has 1 N–H and O–H groups in total. The van der Waals surface area contributed by atoms with Crippen molar-refractivity contribution in [2.45, 2.75) is 52.3 Å². The highest BCUT2D eigenvalue weighted by molar-refractivity contribution is 5.76. The number of rotatable bonds is 4. The van der Waals surface area contributed by atoms with Crippen molar-refractivity contribution in [3.05, 3.63) is 52.7 Å². The molecule has 1 amide bonds. The average Bonchev–Trinajstić information content (AvgIpc) is 3.05. The third-order valence-electron chi connectivity index (χ3n) is 3.88. The number of amides is 1. The van der Waals surface area contributed by atoms with E-state index in [1.807, 2.05) is 6.07 Å². The van der Waals surface area contributed by atoms with Crippen LogP contribution in [0.15, 0.2) is 39.9 Å². The number of carbonyl (C=O) groups excluding carboxylic acids is 1. The number of nitrogens with one attached hydrogen (secondary N) is 1. The molecule has 0 bridgehead atoms. The Kier molecular flexibility index (Phi) is 4.93. The fourth-order valence-electron chi connectivity index (χ4n) is 2.55.